The molecule has 0 atom stereocenters. The molecule has 27 heavy (non-hydrogen) atoms. The molecule has 2 N–H and O–H groups in total. The van der Waals surface area contributed by atoms with Crippen LogP contribution in [0.25, 0.3) is 11.3 Å². The van der Waals surface area contributed by atoms with E-state index in [1.54, 1.807) is 25.1 Å². The van der Waals surface area contributed by atoms with Gasteiger partial charge in [0.1, 0.15) is 11.3 Å². The first-order chi connectivity index (χ1) is 12.8. The van der Waals surface area contributed by atoms with Gasteiger partial charge in [-0.05, 0) is 50.2 Å². The van der Waals surface area contributed by atoms with Crippen LogP contribution in [0.1, 0.15) is 20.9 Å². The average molecular weight is 391 g/mol. The Bertz CT molecular complexity index is 1030. The van der Waals surface area contributed by atoms with Crippen molar-refractivity contribution in [1.82, 2.24) is 9.97 Å². The fourth-order valence-corrected chi connectivity index (χ4v) is 3.26. The number of halogens is 2. The van der Waals surface area contributed by atoms with Crippen LogP contribution >= 0.6 is 11.3 Å². The van der Waals surface area contributed by atoms with Gasteiger partial charge in [0.05, 0.1) is 5.69 Å². The van der Waals surface area contributed by atoms with Gasteiger partial charge in [-0.25, -0.2) is 4.98 Å². The number of thiazole rings is 1. The third-order valence-corrected chi connectivity index (χ3v) is 4.56. The summed E-state index contributed by atoms with van der Waals surface area (Å²) in [5, 5.41) is 2.95. The number of ether oxygens (including phenoxy) is 1. The third-order valence-electron chi connectivity index (χ3n) is 3.67. The molecule has 3 aromatic rings. The molecule has 0 bridgehead atoms. The Hall–Kier alpha value is -3.07. The van der Waals surface area contributed by atoms with Crippen LogP contribution in [-0.2, 0) is 0 Å². The van der Waals surface area contributed by atoms with E-state index in [1.807, 2.05) is 6.92 Å². The number of alkyl halides is 2. The van der Waals surface area contributed by atoms with Crippen LogP contribution < -0.4 is 15.6 Å². The van der Waals surface area contributed by atoms with E-state index in [4.69, 9.17) is 0 Å². The number of nitrogens with zero attached hydrogens (tertiary/aromatic N) is 1. The quantitative estimate of drug-likeness (QED) is 0.689. The molecule has 0 saturated heterocycles. The molecule has 0 saturated carbocycles. The topological polar surface area (TPSA) is 84.1 Å². The Morgan fingerprint density at radius 2 is 1.89 bits per heavy atom. The van der Waals surface area contributed by atoms with Crippen LogP contribution in [0, 0.1) is 13.8 Å². The molecule has 0 aliphatic heterocycles. The maximum absolute atomic E-state index is 12.3. The van der Waals surface area contributed by atoms with Crippen molar-refractivity contribution < 1.29 is 18.3 Å². The summed E-state index contributed by atoms with van der Waals surface area (Å²) < 4.78 is 28.8. The Labute approximate surface area is 156 Å². The minimum atomic E-state index is -2.89. The lowest BCUT2D eigenvalue weighted by atomic mass is 10.1. The molecule has 0 unspecified atom stereocenters. The molecule has 1 amide bonds. The zero-order valence-electron chi connectivity index (χ0n) is 14.4. The van der Waals surface area contributed by atoms with Crippen molar-refractivity contribution in [3.63, 3.8) is 0 Å². The number of carbonyl (C=O) groups excluding carboxylic acids is 1. The van der Waals surface area contributed by atoms with Crippen molar-refractivity contribution in [3.05, 3.63) is 62.9 Å². The van der Waals surface area contributed by atoms with Gasteiger partial charge >= 0.3 is 6.61 Å². The number of hydrogen-bond acceptors (Lipinski definition) is 5. The molecule has 3 rings (SSSR count). The highest BCUT2D eigenvalue weighted by Gasteiger charge is 2.15. The van der Waals surface area contributed by atoms with Crippen molar-refractivity contribution >= 4 is 22.4 Å². The summed E-state index contributed by atoms with van der Waals surface area (Å²) in [5.74, 6) is -0.508. The summed E-state index contributed by atoms with van der Waals surface area (Å²) in [7, 11) is 0. The standard InChI is InChI=1S/C18H15F2N3O3S/c1-9-3-8-13(15(24)21-9)16(25)23-18-22-14(10(2)27-18)11-4-6-12(7-5-11)26-17(19)20/h3-8,17H,1-2H3,(H,21,24)(H,22,23,25). The molecule has 1 aromatic carbocycles. The number of rotatable bonds is 5. The number of benzene rings is 1. The van der Waals surface area contributed by atoms with Crippen LogP contribution in [0.3, 0.4) is 0 Å². The van der Waals surface area contributed by atoms with Gasteiger partial charge in [-0.1, -0.05) is 0 Å². The molecule has 0 fully saturated rings. The number of nitrogens with one attached hydrogen (secondary N) is 2. The number of carbonyl (C=O) groups is 1. The van der Waals surface area contributed by atoms with Crippen LogP contribution in [0.15, 0.2) is 41.2 Å². The second-order valence-corrected chi connectivity index (χ2v) is 6.87. The highest BCUT2D eigenvalue weighted by molar-refractivity contribution is 7.16. The fourth-order valence-electron chi connectivity index (χ4n) is 2.43. The van der Waals surface area contributed by atoms with Crippen LogP contribution in [0.2, 0.25) is 0 Å². The van der Waals surface area contributed by atoms with E-state index < -0.39 is 18.1 Å². The van der Waals surface area contributed by atoms with Gasteiger partial charge in [-0.15, -0.1) is 11.3 Å². The molecular formula is C18H15F2N3O3S. The van der Waals surface area contributed by atoms with Crippen molar-refractivity contribution in [3.8, 4) is 17.0 Å². The van der Waals surface area contributed by atoms with Crippen molar-refractivity contribution in [1.29, 1.82) is 0 Å². The van der Waals surface area contributed by atoms with Crippen LogP contribution in [-0.4, -0.2) is 22.5 Å². The molecule has 0 radical (unpaired) electrons. The number of hydrogen-bond donors (Lipinski definition) is 2. The Morgan fingerprint density at radius 1 is 1.19 bits per heavy atom. The summed E-state index contributed by atoms with van der Waals surface area (Å²) >= 11 is 1.25. The molecule has 6 nitrogen and oxygen atoms in total. The van der Waals surface area contributed by atoms with Gasteiger partial charge in [-0.2, -0.15) is 8.78 Å². The lowest BCUT2D eigenvalue weighted by Gasteiger charge is -2.05. The van der Waals surface area contributed by atoms with E-state index in [-0.39, 0.29) is 11.3 Å². The first kappa shape index (κ1) is 18.7. The van der Waals surface area contributed by atoms with Crippen molar-refractivity contribution in [2.75, 3.05) is 5.32 Å². The minimum Gasteiger partial charge on any atom is -0.435 e. The van der Waals surface area contributed by atoms with E-state index in [0.717, 1.165) is 4.88 Å². The predicted molar refractivity (Wildman–Crippen MR) is 98.7 cm³/mol. The number of aromatic nitrogens is 2. The molecule has 2 heterocycles. The molecular weight excluding hydrogens is 376 g/mol. The zero-order chi connectivity index (χ0) is 19.6. The molecule has 9 heteroatoms. The summed E-state index contributed by atoms with van der Waals surface area (Å²) in [4.78, 5) is 31.9. The zero-order valence-corrected chi connectivity index (χ0v) is 15.2. The second kappa shape index (κ2) is 7.67. The highest BCUT2D eigenvalue weighted by atomic mass is 32.1. The number of anilines is 1. The Balaban J connectivity index is 1.80. The third kappa shape index (κ3) is 4.37. The SMILES string of the molecule is Cc1ccc(C(=O)Nc2nc(-c3ccc(OC(F)F)cc3)c(C)s2)c(=O)[nH]1. The summed E-state index contributed by atoms with van der Waals surface area (Å²) in [6, 6.07) is 9.14. The number of amides is 1. The number of pyridine rings is 1. The molecule has 0 aliphatic rings. The lowest BCUT2D eigenvalue weighted by molar-refractivity contribution is -0.0498. The van der Waals surface area contributed by atoms with E-state index in [2.05, 4.69) is 20.0 Å². The average Bonchev–Trinajstić information content (AvgIpc) is 2.95. The number of aromatic amines is 1. The van der Waals surface area contributed by atoms with Crippen molar-refractivity contribution in [2.45, 2.75) is 20.5 Å². The maximum atomic E-state index is 12.3. The molecule has 0 aliphatic carbocycles. The van der Waals surface area contributed by atoms with E-state index in [9.17, 15) is 18.4 Å². The molecule has 0 spiro atoms. The fraction of sp³-hybridized carbons (Fsp3) is 0.167. The highest BCUT2D eigenvalue weighted by Crippen LogP contribution is 2.31. The van der Waals surface area contributed by atoms with Gasteiger partial charge in [0.2, 0.25) is 0 Å². The van der Waals surface area contributed by atoms with Gasteiger partial charge in [-0.3, -0.25) is 14.9 Å². The largest absolute Gasteiger partial charge is 0.435 e. The second-order valence-electron chi connectivity index (χ2n) is 5.66. The lowest BCUT2D eigenvalue weighted by Crippen LogP contribution is -2.23. The first-order valence-corrected chi connectivity index (χ1v) is 8.69. The normalized spacial score (nSPS) is 10.9. The number of aryl methyl sites for hydroxylation is 2. The summed E-state index contributed by atoms with van der Waals surface area (Å²) in [5.41, 5.74) is 1.47. The number of H-pyrrole nitrogens is 1. The first-order valence-electron chi connectivity index (χ1n) is 7.87. The monoisotopic (exact) mass is 391 g/mol. The van der Waals surface area contributed by atoms with Gasteiger partial charge < -0.3 is 9.72 Å². The Kier molecular flexibility index (Phi) is 5.31. The van der Waals surface area contributed by atoms with Gasteiger partial charge in [0, 0.05) is 16.1 Å². The predicted octanol–water partition coefficient (Wildman–Crippen LogP) is 3.97. The maximum Gasteiger partial charge on any atom is 0.387 e. The van der Waals surface area contributed by atoms with E-state index in [0.29, 0.717) is 22.1 Å². The smallest absolute Gasteiger partial charge is 0.387 e. The van der Waals surface area contributed by atoms with Crippen molar-refractivity contribution in [2.24, 2.45) is 0 Å². The van der Waals surface area contributed by atoms with Gasteiger partial charge in [0.15, 0.2) is 5.13 Å². The van der Waals surface area contributed by atoms with E-state index in [1.165, 1.54) is 29.5 Å². The van der Waals surface area contributed by atoms with Gasteiger partial charge in [0.25, 0.3) is 11.5 Å². The van der Waals surface area contributed by atoms with E-state index >= 15 is 0 Å². The molecule has 2 aromatic heterocycles. The Morgan fingerprint density at radius 3 is 2.52 bits per heavy atom. The summed E-state index contributed by atoms with van der Waals surface area (Å²) in [6.07, 6.45) is 0. The van der Waals surface area contributed by atoms with Crippen LogP contribution in [0.5, 0.6) is 5.75 Å². The molecule has 140 valence electrons. The summed E-state index contributed by atoms with van der Waals surface area (Å²) in [6.45, 7) is 0.658. The minimum absolute atomic E-state index is 0.0106. The van der Waals surface area contributed by atoms with Crippen LogP contribution in [0.4, 0.5) is 13.9 Å².